The van der Waals surface area contributed by atoms with E-state index in [0.29, 0.717) is 19.6 Å². The molecular formula is C34H33F5N8O9. The van der Waals surface area contributed by atoms with E-state index < -0.39 is 18.5 Å². The number of hydrogen-bond donors (Lipinski definition) is 0. The molecule has 17 nitrogen and oxygen atoms in total. The van der Waals surface area contributed by atoms with E-state index in [1.807, 2.05) is 23.9 Å². The molecule has 5 aromatic rings. The van der Waals surface area contributed by atoms with Gasteiger partial charge in [-0.2, -0.15) is 5.10 Å². The lowest BCUT2D eigenvalue weighted by Gasteiger charge is -2.38. The fourth-order valence-corrected chi connectivity index (χ4v) is 5.31. The maximum absolute atomic E-state index is 13.0. The van der Waals surface area contributed by atoms with E-state index in [1.54, 1.807) is 16.0 Å². The van der Waals surface area contributed by atoms with Crippen LogP contribution in [0.5, 0.6) is 23.3 Å². The molecule has 0 aliphatic carbocycles. The topological polar surface area (TPSA) is 182 Å². The predicted molar refractivity (Wildman–Crippen MR) is 176 cm³/mol. The lowest BCUT2D eigenvalue weighted by molar-refractivity contribution is -0.343. The van der Waals surface area contributed by atoms with Gasteiger partial charge < -0.3 is 37.6 Å². The van der Waals surface area contributed by atoms with Crippen LogP contribution in [0.3, 0.4) is 0 Å². The highest BCUT2D eigenvalue weighted by Gasteiger charge is 2.34. The van der Waals surface area contributed by atoms with Gasteiger partial charge in [-0.15, -0.1) is 22.0 Å². The van der Waals surface area contributed by atoms with Crippen molar-refractivity contribution in [3.63, 3.8) is 0 Å². The minimum Gasteiger partial charge on any atom is -0.482 e. The number of nitrogens with zero attached hydrogens (tertiary/aromatic N) is 8. The standard InChI is InChI=1S/C19H19F2N5O5.C15H14F3N3O4/c1-28-19(20,21)31-16-4-3-14(9-22-16)29-12-17-24-15(11-30-17)18(27)25-8-5-13(10-25)26-7-2-6-23-26;1-9-4-5-21(9)14(22)11-7-24-13(20-11)8-23-10-2-3-12(19-6-10)25-15(16,17)18/h2-4,6-7,9,11,13H,5,8,10,12H2,1H3;2-3,6-7,9H,4-5,8H2,1H3/t;9-/m.0/s1. The highest BCUT2D eigenvalue weighted by molar-refractivity contribution is 5.93. The van der Waals surface area contributed by atoms with Crippen molar-refractivity contribution in [3.8, 4) is 23.3 Å². The summed E-state index contributed by atoms with van der Waals surface area (Å²) < 4.78 is 97.1. The molecule has 2 aliphatic heterocycles. The quantitative estimate of drug-likeness (QED) is 0.111. The van der Waals surface area contributed by atoms with Gasteiger partial charge in [-0.3, -0.25) is 19.0 Å². The van der Waals surface area contributed by atoms with Crippen LogP contribution >= 0.6 is 0 Å². The molecule has 298 valence electrons. The first-order chi connectivity index (χ1) is 26.7. The second-order valence-electron chi connectivity index (χ2n) is 12.1. The van der Waals surface area contributed by atoms with E-state index in [1.165, 1.54) is 36.9 Å². The van der Waals surface area contributed by atoms with Crippen LogP contribution in [0.25, 0.3) is 0 Å². The maximum atomic E-state index is 13.0. The predicted octanol–water partition coefficient (Wildman–Crippen LogP) is 5.29. The van der Waals surface area contributed by atoms with Crippen LogP contribution in [0.2, 0.25) is 0 Å². The number of carbonyl (C=O) groups is 2. The van der Waals surface area contributed by atoms with Crippen LogP contribution < -0.4 is 18.9 Å². The summed E-state index contributed by atoms with van der Waals surface area (Å²) in [5.41, 5.74) is 0.376. The molecule has 5 aromatic heterocycles. The van der Waals surface area contributed by atoms with Gasteiger partial charge in [0.25, 0.3) is 11.8 Å². The Morgan fingerprint density at radius 1 is 0.839 bits per heavy atom. The molecule has 1 unspecified atom stereocenters. The van der Waals surface area contributed by atoms with Gasteiger partial charge in [0, 0.05) is 57.3 Å². The van der Waals surface area contributed by atoms with Gasteiger partial charge in [0.1, 0.15) is 24.0 Å². The number of aromatic nitrogens is 6. The first-order valence-electron chi connectivity index (χ1n) is 16.8. The fourth-order valence-electron chi connectivity index (χ4n) is 5.31. The summed E-state index contributed by atoms with van der Waals surface area (Å²) in [4.78, 5) is 43.6. The molecule has 2 saturated heterocycles. The van der Waals surface area contributed by atoms with Crippen molar-refractivity contribution >= 4 is 11.8 Å². The number of ether oxygens (including phenoxy) is 5. The zero-order chi connectivity index (χ0) is 39.9. The highest BCUT2D eigenvalue weighted by atomic mass is 19.4. The third-order valence-corrected chi connectivity index (χ3v) is 8.30. The number of likely N-dealkylation sites (tertiary alicyclic amines) is 2. The van der Waals surface area contributed by atoms with Gasteiger partial charge in [0.15, 0.2) is 24.6 Å². The van der Waals surface area contributed by atoms with Gasteiger partial charge in [-0.25, -0.2) is 19.9 Å². The van der Waals surface area contributed by atoms with Crippen LogP contribution in [-0.4, -0.2) is 96.8 Å². The largest absolute Gasteiger partial charge is 0.574 e. The Labute approximate surface area is 313 Å². The summed E-state index contributed by atoms with van der Waals surface area (Å²) in [5.74, 6) is -0.506. The normalized spacial score (nSPS) is 16.8. The van der Waals surface area contributed by atoms with Crippen molar-refractivity contribution in [2.24, 2.45) is 0 Å². The minimum atomic E-state index is -4.80. The summed E-state index contributed by atoms with van der Waals surface area (Å²) in [6.07, 6.45) is 1.60. The summed E-state index contributed by atoms with van der Waals surface area (Å²) in [6, 6.07) is 7.06. The van der Waals surface area contributed by atoms with E-state index in [0.717, 1.165) is 32.2 Å². The molecule has 0 aromatic carbocycles. The Bertz CT molecular complexity index is 2040. The molecule has 22 heteroatoms. The number of rotatable bonds is 13. The van der Waals surface area contributed by atoms with Crippen molar-refractivity contribution in [1.82, 2.24) is 39.5 Å². The molecule has 2 aliphatic rings. The molecule has 56 heavy (non-hydrogen) atoms. The average molecular weight is 793 g/mol. The average Bonchev–Trinajstić information content (AvgIpc) is 4.01. The third kappa shape index (κ3) is 10.5. The van der Waals surface area contributed by atoms with Crippen LogP contribution in [0.4, 0.5) is 22.0 Å². The monoisotopic (exact) mass is 792 g/mol. The second-order valence-corrected chi connectivity index (χ2v) is 12.1. The van der Waals surface area contributed by atoms with E-state index >= 15 is 0 Å². The Hall–Kier alpha value is -6.32. The van der Waals surface area contributed by atoms with E-state index in [-0.39, 0.29) is 77.7 Å². The number of methoxy groups -OCH3 is 1. The number of carbonyl (C=O) groups excluding carboxylic acids is 2. The summed E-state index contributed by atoms with van der Waals surface area (Å²) in [7, 11) is 0.814. The zero-order valence-corrected chi connectivity index (χ0v) is 29.6. The molecule has 2 fully saturated rings. The maximum Gasteiger partial charge on any atom is 0.574 e. The first-order valence-corrected chi connectivity index (χ1v) is 16.8. The molecule has 2 atom stereocenters. The van der Waals surface area contributed by atoms with Crippen molar-refractivity contribution in [3.05, 3.63) is 90.8 Å². The number of hydrogen-bond acceptors (Lipinski definition) is 14. The summed E-state index contributed by atoms with van der Waals surface area (Å²) in [6.45, 7) is 3.62. The SMILES string of the molecule is COC(F)(F)Oc1ccc(OCc2nc(C(=O)N3CCC(n4cccn4)C3)co2)cn1.C[C@H]1CCN1C(=O)c1coc(COc2ccc(OC(F)(F)F)nc2)n1. The number of halogens is 5. The van der Waals surface area contributed by atoms with Crippen molar-refractivity contribution in [1.29, 1.82) is 0 Å². The van der Waals surface area contributed by atoms with E-state index in [2.05, 4.69) is 39.2 Å². The molecule has 7 heterocycles. The lowest BCUT2D eigenvalue weighted by Crippen LogP contribution is -2.49. The zero-order valence-electron chi connectivity index (χ0n) is 29.6. The van der Waals surface area contributed by atoms with E-state index in [4.69, 9.17) is 18.3 Å². The molecule has 0 saturated carbocycles. The molecular weight excluding hydrogens is 759 g/mol. The number of oxazole rings is 2. The first kappa shape index (κ1) is 39.4. The molecule has 0 spiro atoms. The van der Waals surface area contributed by atoms with Gasteiger partial charge in [0.05, 0.1) is 18.4 Å². The minimum absolute atomic E-state index is 0.0701. The summed E-state index contributed by atoms with van der Waals surface area (Å²) >= 11 is 0. The smallest absolute Gasteiger partial charge is 0.482 e. The number of amides is 2. The van der Waals surface area contributed by atoms with Crippen molar-refractivity contribution < 1.29 is 64.1 Å². The van der Waals surface area contributed by atoms with Crippen LogP contribution in [0, 0.1) is 0 Å². The van der Waals surface area contributed by atoms with Crippen LogP contribution in [0.15, 0.2) is 76.5 Å². The Morgan fingerprint density at radius 3 is 1.93 bits per heavy atom. The van der Waals surface area contributed by atoms with Crippen LogP contribution in [-0.2, 0) is 18.0 Å². The molecule has 2 amide bonds. The van der Waals surface area contributed by atoms with Gasteiger partial charge in [-0.1, -0.05) is 0 Å². The molecule has 0 radical (unpaired) electrons. The fraction of sp³-hybridized carbons (Fsp3) is 0.382. The van der Waals surface area contributed by atoms with Gasteiger partial charge in [-0.05, 0) is 38.0 Å². The van der Waals surface area contributed by atoms with Crippen LogP contribution in [0.1, 0.15) is 58.6 Å². The van der Waals surface area contributed by atoms with E-state index in [9.17, 15) is 31.5 Å². The Balaban J connectivity index is 0.000000194. The van der Waals surface area contributed by atoms with Crippen molar-refractivity contribution in [2.45, 2.75) is 57.7 Å². The lowest BCUT2D eigenvalue weighted by atomic mass is 10.1. The molecule has 0 N–H and O–H groups in total. The van der Waals surface area contributed by atoms with Gasteiger partial charge in [0.2, 0.25) is 23.5 Å². The summed E-state index contributed by atoms with van der Waals surface area (Å²) in [5, 5.41) is 4.22. The van der Waals surface area contributed by atoms with Crippen molar-refractivity contribution in [2.75, 3.05) is 26.7 Å². The molecule has 7 rings (SSSR count). The second kappa shape index (κ2) is 17.0. The Kier molecular flexibility index (Phi) is 12.0. The molecule has 0 bridgehead atoms. The number of pyridine rings is 2. The highest BCUT2D eigenvalue weighted by Crippen LogP contribution is 2.26. The van der Waals surface area contributed by atoms with Gasteiger partial charge >= 0.3 is 12.7 Å². The third-order valence-electron chi connectivity index (χ3n) is 8.30. The number of alkyl halides is 5. The Morgan fingerprint density at radius 2 is 1.45 bits per heavy atom.